The molecule has 6 heteroatoms. The number of aromatic amines is 1. The highest BCUT2D eigenvalue weighted by atomic mass is 16.3. The van der Waals surface area contributed by atoms with E-state index in [1.165, 1.54) is 24.1 Å². The minimum atomic E-state index is -0.500. The van der Waals surface area contributed by atoms with Crippen LogP contribution in [-0.4, -0.2) is 50.3 Å². The first-order chi connectivity index (χ1) is 14.7. The van der Waals surface area contributed by atoms with Crippen LogP contribution in [0, 0.1) is 5.92 Å². The summed E-state index contributed by atoms with van der Waals surface area (Å²) < 4.78 is 0. The fourth-order valence-electron chi connectivity index (χ4n) is 4.89. The average Bonchev–Trinajstić information content (AvgIpc) is 3.35. The van der Waals surface area contributed by atoms with Crippen LogP contribution in [0.5, 0.6) is 0 Å². The minimum absolute atomic E-state index is 0.0285. The Kier molecular flexibility index (Phi) is 5.25. The molecule has 5 rings (SSSR count). The molecule has 1 amide bonds. The van der Waals surface area contributed by atoms with Crippen LogP contribution in [-0.2, 0) is 30.5 Å². The lowest BCUT2D eigenvalue weighted by atomic mass is 9.94. The van der Waals surface area contributed by atoms with Gasteiger partial charge in [-0.1, -0.05) is 24.3 Å². The molecule has 1 aliphatic heterocycles. The molecule has 1 aromatic carbocycles. The number of carbonyl (C=O) groups is 1. The van der Waals surface area contributed by atoms with Crippen LogP contribution in [0.2, 0.25) is 0 Å². The minimum Gasteiger partial charge on any atom is -0.391 e. The zero-order valence-electron chi connectivity index (χ0n) is 17.2. The number of fused-ring (bicyclic) bond motifs is 2. The largest absolute Gasteiger partial charge is 0.391 e. The molecule has 0 unspecified atom stereocenters. The van der Waals surface area contributed by atoms with Crippen molar-refractivity contribution in [1.29, 1.82) is 0 Å². The van der Waals surface area contributed by atoms with E-state index in [2.05, 4.69) is 16.3 Å². The highest BCUT2D eigenvalue weighted by Crippen LogP contribution is 2.25. The van der Waals surface area contributed by atoms with Crippen LogP contribution in [0.4, 0.5) is 0 Å². The van der Waals surface area contributed by atoms with E-state index < -0.39 is 6.10 Å². The van der Waals surface area contributed by atoms with E-state index >= 15 is 0 Å². The molecule has 0 bridgehead atoms. The third-order valence-corrected chi connectivity index (χ3v) is 6.60. The summed E-state index contributed by atoms with van der Waals surface area (Å²) >= 11 is 0. The summed E-state index contributed by atoms with van der Waals surface area (Å²) in [6, 6.07) is 12.2. The first-order valence-electron chi connectivity index (χ1n) is 11.0. The van der Waals surface area contributed by atoms with Crippen molar-refractivity contribution in [2.75, 3.05) is 13.1 Å². The summed E-state index contributed by atoms with van der Waals surface area (Å²) in [6.07, 6.45) is 5.86. The predicted octanol–water partition coefficient (Wildman–Crippen LogP) is 2.83. The number of rotatable bonds is 5. The number of aliphatic hydroxyl groups is 1. The van der Waals surface area contributed by atoms with Gasteiger partial charge in [0.25, 0.3) is 0 Å². The number of aliphatic hydroxyl groups excluding tert-OH is 1. The van der Waals surface area contributed by atoms with Gasteiger partial charge >= 0.3 is 0 Å². The van der Waals surface area contributed by atoms with Gasteiger partial charge in [0.15, 0.2) is 0 Å². The fourth-order valence-corrected chi connectivity index (χ4v) is 4.89. The van der Waals surface area contributed by atoms with Gasteiger partial charge in [0, 0.05) is 48.6 Å². The zero-order chi connectivity index (χ0) is 20.5. The van der Waals surface area contributed by atoms with Crippen LogP contribution < -0.4 is 0 Å². The molecule has 3 aromatic rings. The number of carbonyl (C=O) groups excluding carboxylic acids is 1. The number of para-hydroxylation sites is 1. The van der Waals surface area contributed by atoms with Crippen molar-refractivity contribution in [3.8, 4) is 0 Å². The van der Waals surface area contributed by atoms with Crippen LogP contribution in [0.25, 0.3) is 10.9 Å². The normalized spacial score (nSPS) is 21.2. The van der Waals surface area contributed by atoms with Crippen molar-refractivity contribution in [3.63, 3.8) is 0 Å². The molecule has 2 N–H and O–H groups in total. The summed E-state index contributed by atoms with van der Waals surface area (Å²) in [6.45, 7) is 1.00. The summed E-state index contributed by atoms with van der Waals surface area (Å²) in [5.74, 6) is 0.135. The Bertz CT molecular complexity index is 1060. The molecule has 2 aliphatic rings. The fraction of sp³-hybridized carbons (Fsp3) is 0.458. The molecule has 3 heterocycles. The molecular weight excluding hydrogens is 376 g/mol. The Morgan fingerprint density at radius 1 is 1.13 bits per heavy atom. The van der Waals surface area contributed by atoms with E-state index in [0.717, 1.165) is 35.1 Å². The second-order valence-electron chi connectivity index (χ2n) is 8.66. The van der Waals surface area contributed by atoms with Gasteiger partial charge in [0.2, 0.25) is 5.91 Å². The lowest BCUT2D eigenvalue weighted by Crippen LogP contribution is -2.29. The maximum atomic E-state index is 12.8. The maximum absolute atomic E-state index is 12.8. The van der Waals surface area contributed by atoms with Crippen molar-refractivity contribution >= 4 is 16.8 Å². The molecule has 1 fully saturated rings. The van der Waals surface area contributed by atoms with E-state index in [1.54, 1.807) is 0 Å². The number of β-amino-alcohol motifs (C(OH)–C–C–N with tert-alkyl or cyclic N) is 1. The molecule has 30 heavy (non-hydrogen) atoms. The second-order valence-corrected chi connectivity index (χ2v) is 8.66. The van der Waals surface area contributed by atoms with Crippen LogP contribution in [0.1, 0.15) is 41.9 Å². The molecule has 0 radical (unpaired) electrons. The highest BCUT2D eigenvalue weighted by molar-refractivity contribution is 5.78. The number of nitrogens with zero attached hydrogens (tertiary/aromatic N) is 3. The molecule has 1 aliphatic carbocycles. The molecule has 0 saturated carbocycles. The van der Waals surface area contributed by atoms with Gasteiger partial charge in [-0.3, -0.25) is 14.9 Å². The molecule has 0 spiro atoms. The van der Waals surface area contributed by atoms with E-state index in [-0.39, 0.29) is 11.8 Å². The van der Waals surface area contributed by atoms with Crippen LogP contribution in [0.15, 0.2) is 36.4 Å². The number of amides is 1. The van der Waals surface area contributed by atoms with Crippen molar-refractivity contribution in [2.45, 2.75) is 51.0 Å². The Morgan fingerprint density at radius 2 is 2.00 bits per heavy atom. The number of aryl methyl sites for hydroxylation is 2. The van der Waals surface area contributed by atoms with Crippen LogP contribution >= 0.6 is 0 Å². The Morgan fingerprint density at radius 3 is 2.93 bits per heavy atom. The lowest BCUT2D eigenvalue weighted by Gasteiger charge is -2.16. The van der Waals surface area contributed by atoms with E-state index in [9.17, 15) is 9.90 Å². The Balaban J connectivity index is 1.19. The standard InChI is InChI=1S/C24H28N4O2/c29-23-15-28(24(30)12-11-22-19-6-2-4-8-21(19)26-27-22)14-17(23)13-18-10-9-16-5-1-3-7-20(16)25-18/h1,3,5,7,9-10,17,23,29H,2,4,6,8,11-15H2,(H,26,27)/t17-,23-/m1/s1. The van der Waals surface area contributed by atoms with Gasteiger partial charge in [-0.15, -0.1) is 0 Å². The van der Waals surface area contributed by atoms with Crippen molar-refractivity contribution in [1.82, 2.24) is 20.1 Å². The molecule has 6 nitrogen and oxygen atoms in total. The summed E-state index contributed by atoms with van der Waals surface area (Å²) in [4.78, 5) is 19.3. The van der Waals surface area contributed by atoms with Gasteiger partial charge in [-0.25, -0.2) is 0 Å². The summed E-state index contributed by atoms with van der Waals surface area (Å²) in [5.41, 5.74) is 5.57. The number of likely N-dealkylation sites (tertiary alicyclic amines) is 1. The number of hydrogen-bond donors (Lipinski definition) is 2. The second kappa shape index (κ2) is 8.19. The first-order valence-corrected chi connectivity index (χ1v) is 11.0. The smallest absolute Gasteiger partial charge is 0.223 e. The van der Waals surface area contributed by atoms with E-state index in [1.807, 2.05) is 35.2 Å². The maximum Gasteiger partial charge on any atom is 0.223 e. The number of benzene rings is 1. The Labute approximate surface area is 176 Å². The third kappa shape index (κ3) is 3.84. The van der Waals surface area contributed by atoms with Crippen molar-refractivity contribution in [3.05, 3.63) is 59.0 Å². The number of aromatic nitrogens is 3. The van der Waals surface area contributed by atoms with Crippen LogP contribution in [0.3, 0.4) is 0 Å². The quantitative estimate of drug-likeness (QED) is 0.685. The van der Waals surface area contributed by atoms with Gasteiger partial charge < -0.3 is 10.0 Å². The predicted molar refractivity (Wildman–Crippen MR) is 115 cm³/mol. The van der Waals surface area contributed by atoms with Gasteiger partial charge in [-0.05, 0) is 49.8 Å². The molecule has 1 saturated heterocycles. The summed E-state index contributed by atoms with van der Waals surface area (Å²) in [7, 11) is 0. The SMILES string of the molecule is O=C(CCc1n[nH]c2c1CCCC2)N1C[C@@H](Cc2ccc3ccccc3n2)[C@H](O)C1. The Hall–Kier alpha value is -2.73. The number of pyridine rings is 1. The van der Waals surface area contributed by atoms with E-state index in [4.69, 9.17) is 4.98 Å². The first kappa shape index (κ1) is 19.2. The molecular formula is C24H28N4O2. The molecule has 156 valence electrons. The topological polar surface area (TPSA) is 82.1 Å². The van der Waals surface area contributed by atoms with Crippen molar-refractivity contribution in [2.24, 2.45) is 5.92 Å². The molecule has 2 aromatic heterocycles. The molecule has 2 atom stereocenters. The number of H-pyrrole nitrogens is 1. The number of hydrogen-bond acceptors (Lipinski definition) is 4. The lowest BCUT2D eigenvalue weighted by molar-refractivity contribution is -0.130. The highest BCUT2D eigenvalue weighted by Gasteiger charge is 2.34. The zero-order valence-corrected chi connectivity index (χ0v) is 17.2. The monoisotopic (exact) mass is 404 g/mol. The summed E-state index contributed by atoms with van der Waals surface area (Å²) in [5, 5.41) is 19.3. The van der Waals surface area contributed by atoms with Gasteiger partial charge in [0.05, 0.1) is 17.3 Å². The third-order valence-electron chi connectivity index (χ3n) is 6.60. The van der Waals surface area contributed by atoms with Gasteiger partial charge in [-0.2, -0.15) is 5.10 Å². The number of nitrogens with one attached hydrogen (secondary N) is 1. The van der Waals surface area contributed by atoms with Gasteiger partial charge in [0.1, 0.15) is 0 Å². The van der Waals surface area contributed by atoms with E-state index in [0.29, 0.717) is 32.4 Å². The average molecular weight is 405 g/mol. The van der Waals surface area contributed by atoms with Crippen molar-refractivity contribution < 1.29 is 9.90 Å².